The summed E-state index contributed by atoms with van der Waals surface area (Å²) < 4.78 is 50.7. The van der Waals surface area contributed by atoms with Gasteiger partial charge in [-0.15, -0.1) is 0 Å². The van der Waals surface area contributed by atoms with Crippen LogP contribution in [0.25, 0.3) is 0 Å². The van der Waals surface area contributed by atoms with Crippen molar-refractivity contribution in [3.8, 4) is 0 Å². The van der Waals surface area contributed by atoms with Gasteiger partial charge >= 0.3 is 0 Å². The minimum Gasteiger partial charge on any atom is -0.469 e. The van der Waals surface area contributed by atoms with Crippen LogP contribution in [0.1, 0.15) is 17.4 Å². The van der Waals surface area contributed by atoms with Crippen molar-refractivity contribution < 1.29 is 21.6 Å². The molecule has 0 saturated heterocycles. The maximum absolute atomic E-state index is 12.9. The van der Waals surface area contributed by atoms with Crippen molar-refractivity contribution in [1.29, 1.82) is 0 Å². The van der Waals surface area contributed by atoms with Gasteiger partial charge in [-0.25, -0.2) is 17.5 Å². The molecule has 0 aliphatic carbocycles. The van der Waals surface area contributed by atoms with Gasteiger partial charge < -0.3 is 8.83 Å². The van der Waals surface area contributed by atoms with E-state index in [1.165, 1.54) is 24.7 Å². The molecule has 0 saturated carbocycles. The van der Waals surface area contributed by atoms with E-state index in [2.05, 4.69) is 4.72 Å². The third kappa shape index (κ3) is 3.52. The van der Waals surface area contributed by atoms with Crippen LogP contribution in [0, 0.1) is 5.82 Å². The fraction of sp³-hybridized carbons (Fsp3) is 0.125. The molecular formula is C16H14FNO4S. The van der Waals surface area contributed by atoms with Crippen LogP contribution in [0.15, 0.2) is 74.8 Å². The van der Waals surface area contributed by atoms with E-state index in [4.69, 9.17) is 8.83 Å². The van der Waals surface area contributed by atoms with Gasteiger partial charge in [0.25, 0.3) is 0 Å². The molecular weight excluding hydrogens is 321 g/mol. The molecule has 2 heterocycles. The number of hydrogen-bond donors (Lipinski definition) is 1. The van der Waals surface area contributed by atoms with Gasteiger partial charge in [0, 0.05) is 6.54 Å². The molecule has 1 N–H and O–H groups in total. The van der Waals surface area contributed by atoms with Gasteiger partial charge in [0.1, 0.15) is 17.3 Å². The second-order valence-corrected chi connectivity index (χ2v) is 6.66. The molecule has 2 aromatic heterocycles. The van der Waals surface area contributed by atoms with Crippen molar-refractivity contribution in [3.63, 3.8) is 0 Å². The number of rotatable bonds is 6. The van der Waals surface area contributed by atoms with Gasteiger partial charge in [-0.3, -0.25) is 0 Å². The van der Waals surface area contributed by atoms with Crippen LogP contribution >= 0.6 is 0 Å². The Labute approximate surface area is 132 Å². The largest absolute Gasteiger partial charge is 0.469 e. The molecule has 5 nitrogen and oxygen atoms in total. The predicted octanol–water partition coefficient (Wildman–Crippen LogP) is 3.12. The zero-order chi connectivity index (χ0) is 16.3. The van der Waals surface area contributed by atoms with E-state index in [0.29, 0.717) is 11.5 Å². The average Bonchev–Trinajstić information content (AvgIpc) is 3.21. The summed E-state index contributed by atoms with van der Waals surface area (Å²) in [6.45, 7) is 0.0563. The molecule has 120 valence electrons. The lowest BCUT2D eigenvalue weighted by Crippen LogP contribution is -2.28. The van der Waals surface area contributed by atoms with Crippen molar-refractivity contribution in [2.45, 2.75) is 10.8 Å². The van der Waals surface area contributed by atoms with Crippen LogP contribution in [0.2, 0.25) is 0 Å². The van der Waals surface area contributed by atoms with Gasteiger partial charge in [0.05, 0.1) is 23.3 Å². The molecule has 0 unspecified atom stereocenters. The van der Waals surface area contributed by atoms with Gasteiger partial charge in [-0.2, -0.15) is 0 Å². The Morgan fingerprint density at radius 2 is 1.52 bits per heavy atom. The highest BCUT2D eigenvalue weighted by Crippen LogP contribution is 2.25. The monoisotopic (exact) mass is 335 g/mol. The average molecular weight is 335 g/mol. The Kier molecular flexibility index (Phi) is 4.31. The van der Waals surface area contributed by atoms with Crippen LogP contribution in [0.5, 0.6) is 0 Å². The molecule has 7 heteroatoms. The van der Waals surface area contributed by atoms with Crippen LogP contribution in [-0.4, -0.2) is 15.0 Å². The predicted molar refractivity (Wildman–Crippen MR) is 80.8 cm³/mol. The van der Waals surface area contributed by atoms with Gasteiger partial charge in [-0.05, 0) is 48.5 Å². The van der Waals surface area contributed by atoms with E-state index in [-0.39, 0.29) is 11.4 Å². The smallest absolute Gasteiger partial charge is 0.240 e. The highest BCUT2D eigenvalue weighted by atomic mass is 32.2. The third-order valence-electron chi connectivity index (χ3n) is 3.37. The van der Waals surface area contributed by atoms with Crippen molar-refractivity contribution in [2.75, 3.05) is 6.54 Å². The molecule has 0 aliphatic rings. The lowest BCUT2D eigenvalue weighted by molar-refractivity contribution is 0.424. The van der Waals surface area contributed by atoms with Crippen molar-refractivity contribution >= 4 is 10.0 Å². The Bertz CT molecular complexity index is 806. The first-order valence-corrected chi connectivity index (χ1v) is 8.36. The van der Waals surface area contributed by atoms with Crippen molar-refractivity contribution in [2.24, 2.45) is 0 Å². The highest BCUT2D eigenvalue weighted by Gasteiger charge is 2.23. The highest BCUT2D eigenvalue weighted by molar-refractivity contribution is 7.89. The molecule has 0 fully saturated rings. The van der Waals surface area contributed by atoms with E-state index in [0.717, 1.165) is 12.1 Å². The summed E-state index contributed by atoms with van der Waals surface area (Å²) in [5.41, 5.74) is 0. The van der Waals surface area contributed by atoms with E-state index < -0.39 is 21.8 Å². The molecule has 3 aromatic rings. The molecule has 0 spiro atoms. The van der Waals surface area contributed by atoms with Crippen LogP contribution in [0.4, 0.5) is 4.39 Å². The van der Waals surface area contributed by atoms with E-state index in [1.54, 1.807) is 24.3 Å². The Morgan fingerprint density at radius 1 is 0.957 bits per heavy atom. The van der Waals surface area contributed by atoms with Crippen molar-refractivity contribution in [1.82, 2.24) is 4.72 Å². The lowest BCUT2D eigenvalue weighted by atomic mass is 10.0. The second-order valence-electron chi connectivity index (χ2n) is 4.89. The second kappa shape index (κ2) is 6.39. The summed E-state index contributed by atoms with van der Waals surface area (Å²) in [5, 5.41) is 0. The molecule has 0 amide bonds. The summed E-state index contributed by atoms with van der Waals surface area (Å²) in [5.74, 6) is 0.284. The number of benzene rings is 1. The normalized spacial score (nSPS) is 11.9. The lowest BCUT2D eigenvalue weighted by Gasteiger charge is -2.13. The topological polar surface area (TPSA) is 72.5 Å². The molecule has 1 aromatic carbocycles. The Balaban J connectivity index is 1.80. The maximum atomic E-state index is 12.9. The number of furan rings is 2. The Morgan fingerprint density at radius 3 is 2.00 bits per heavy atom. The van der Waals surface area contributed by atoms with E-state index in [1.807, 2.05) is 0 Å². The maximum Gasteiger partial charge on any atom is 0.240 e. The molecule has 0 atom stereocenters. The van der Waals surface area contributed by atoms with E-state index in [9.17, 15) is 12.8 Å². The fourth-order valence-electron chi connectivity index (χ4n) is 2.21. The number of sulfonamides is 1. The quantitative estimate of drug-likeness (QED) is 0.751. The first-order chi connectivity index (χ1) is 11.1. The molecule has 0 aliphatic heterocycles. The summed E-state index contributed by atoms with van der Waals surface area (Å²) in [6.07, 6.45) is 3.03. The minimum absolute atomic E-state index is 0.00320. The van der Waals surface area contributed by atoms with Gasteiger partial charge in [0.2, 0.25) is 10.0 Å². The molecule has 0 bridgehead atoms. The first kappa shape index (κ1) is 15.5. The number of nitrogens with one attached hydrogen (secondary N) is 1. The summed E-state index contributed by atoms with van der Waals surface area (Å²) in [6, 6.07) is 11.6. The molecule has 0 radical (unpaired) electrons. The minimum atomic E-state index is -3.75. The summed E-state index contributed by atoms with van der Waals surface area (Å²) in [4.78, 5) is -0.00320. The standard InChI is InChI=1S/C16H14FNO4S/c17-12-5-7-13(8-6-12)23(19,20)18-11-14(15-3-1-9-21-15)16-4-2-10-22-16/h1-10,14,18H,11H2. The first-order valence-electron chi connectivity index (χ1n) is 6.88. The van der Waals surface area contributed by atoms with E-state index >= 15 is 0 Å². The number of halogens is 1. The van der Waals surface area contributed by atoms with Gasteiger partial charge in [0.15, 0.2) is 0 Å². The number of hydrogen-bond acceptors (Lipinski definition) is 4. The summed E-state index contributed by atoms with van der Waals surface area (Å²) >= 11 is 0. The molecule has 23 heavy (non-hydrogen) atoms. The summed E-state index contributed by atoms with van der Waals surface area (Å²) in [7, 11) is -3.75. The zero-order valence-electron chi connectivity index (χ0n) is 12.0. The fourth-order valence-corrected chi connectivity index (χ4v) is 3.26. The van der Waals surface area contributed by atoms with Crippen LogP contribution < -0.4 is 4.72 Å². The van der Waals surface area contributed by atoms with Gasteiger partial charge in [-0.1, -0.05) is 0 Å². The SMILES string of the molecule is O=S(=O)(NCC(c1ccco1)c1ccco1)c1ccc(F)cc1. The van der Waals surface area contributed by atoms with Crippen LogP contribution in [0.3, 0.4) is 0 Å². The zero-order valence-corrected chi connectivity index (χ0v) is 12.8. The van der Waals surface area contributed by atoms with Crippen LogP contribution in [-0.2, 0) is 10.0 Å². The molecule has 3 rings (SSSR count). The third-order valence-corrected chi connectivity index (χ3v) is 4.81. The Hall–Kier alpha value is -2.38. The van der Waals surface area contributed by atoms with Crippen molar-refractivity contribution in [3.05, 3.63) is 78.4 Å².